The van der Waals surface area contributed by atoms with Gasteiger partial charge in [0.1, 0.15) is 0 Å². The maximum atomic E-state index is 3.33. The Balaban J connectivity index is 1.96. The van der Waals surface area contributed by atoms with Crippen LogP contribution in [0.15, 0.2) is 84.9 Å². The molecule has 3 rings (SSSR count). The molecule has 0 aliphatic rings. The molecule has 0 spiro atoms. The monoisotopic (exact) mass is 282 g/mol. The summed E-state index contributed by atoms with van der Waals surface area (Å²) in [5.74, 6) is 6.92. The molecule has 1 atom stereocenters. The van der Waals surface area contributed by atoms with Gasteiger partial charge in [-0.3, -0.25) is 0 Å². The average Bonchev–Trinajstić information content (AvgIpc) is 2.61. The zero-order chi connectivity index (χ0) is 15.2. The van der Waals surface area contributed by atoms with Crippen molar-refractivity contribution in [1.29, 1.82) is 0 Å². The number of benzene rings is 3. The fourth-order valence-corrected chi connectivity index (χ4v) is 2.57. The molecule has 0 unspecified atom stereocenters. The van der Waals surface area contributed by atoms with E-state index in [9.17, 15) is 0 Å². The van der Waals surface area contributed by atoms with E-state index in [1.165, 1.54) is 11.1 Å². The Morgan fingerprint density at radius 1 is 0.636 bits per heavy atom. The van der Waals surface area contributed by atoms with E-state index in [0.717, 1.165) is 11.1 Å². The van der Waals surface area contributed by atoms with Gasteiger partial charge in [0.15, 0.2) is 0 Å². The Morgan fingerprint density at radius 2 is 1.23 bits per heavy atom. The summed E-state index contributed by atoms with van der Waals surface area (Å²) in [5, 5.41) is 0. The quantitative estimate of drug-likeness (QED) is 0.564. The van der Waals surface area contributed by atoms with Gasteiger partial charge in [-0.15, -0.1) is 0 Å². The average molecular weight is 282 g/mol. The third-order valence-electron chi connectivity index (χ3n) is 3.84. The van der Waals surface area contributed by atoms with Gasteiger partial charge in [-0.2, -0.15) is 0 Å². The molecule has 0 aliphatic carbocycles. The van der Waals surface area contributed by atoms with Gasteiger partial charge in [0, 0.05) is 17.0 Å². The van der Waals surface area contributed by atoms with E-state index in [-0.39, 0.29) is 0 Å². The SMILES string of the molecule is C[C@H](c1ccccc1)c1ccccc1C#Cc1ccccc1. The first-order valence-electron chi connectivity index (χ1n) is 7.55. The van der Waals surface area contributed by atoms with Crippen molar-refractivity contribution in [1.82, 2.24) is 0 Å². The van der Waals surface area contributed by atoms with Crippen LogP contribution in [0, 0.1) is 11.8 Å². The van der Waals surface area contributed by atoms with Crippen molar-refractivity contribution in [3.8, 4) is 11.8 Å². The highest BCUT2D eigenvalue weighted by Gasteiger charge is 2.10. The Bertz CT molecular complexity index is 789. The van der Waals surface area contributed by atoms with Gasteiger partial charge >= 0.3 is 0 Å². The first-order valence-corrected chi connectivity index (χ1v) is 7.55. The van der Waals surface area contributed by atoms with E-state index < -0.39 is 0 Å². The Hall–Kier alpha value is -2.78. The van der Waals surface area contributed by atoms with E-state index >= 15 is 0 Å². The Morgan fingerprint density at radius 3 is 1.95 bits per heavy atom. The normalized spacial score (nSPS) is 11.3. The van der Waals surface area contributed by atoms with Crippen LogP contribution < -0.4 is 0 Å². The van der Waals surface area contributed by atoms with Crippen molar-refractivity contribution in [2.75, 3.05) is 0 Å². The Labute approximate surface area is 132 Å². The summed E-state index contributed by atoms with van der Waals surface area (Å²) in [7, 11) is 0. The molecule has 0 bridgehead atoms. The lowest BCUT2D eigenvalue weighted by atomic mass is 9.90. The molecule has 0 heteroatoms. The molecule has 0 aromatic heterocycles. The summed E-state index contributed by atoms with van der Waals surface area (Å²) in [6, 6.07) is 29.1. The lowest BCUT2D eigenvalue weighted by Crippen LogP contribution is -1.98. The number of rotatable bonds is 2. The fourth-order valence-electron chi connectivity index (χ4n) is 2.57. The molecule has 0 saturated carbocycles. The highest BCUT2D eigenvalue weighted by atomic mass is 14.1. The van der Waals surface area contributed by atoms with Crippen LogP contribution >= 0.6 is 0 Å². The summed E-state index contributed by atoms with van der Waals surface area (Å²) in [6.45, 7) is 2.23. The summed E-state index contributed by atoms with van der Waals surface area (Å²) in [5.41, 5.74) is 4.74. The van der Waals surface area contributed by atoms with Crippen LogP contribution in [-0.2, 0) is 0 Å². The molecule has 3 aromatic rings. The predicted octanol–water partition coefficient (Wildman–Crippen LogP) is 5.24. The van der Waals surface area contributed by atoms with Gasteiger partial charge < -0.3 is 0 Å². The van der Waals surface area contributed by atoms with Gasteiger partial charge in [-0.25, -0.2) is 0 Å². The molecule has 0 saturated heterocycles. The second kappa shape index (κ2) is 6.78. The van der Waals surface area contributed by atoms with E-state index in [0.29, 0.717) is 5.92 Å². The molecular weight excluding hydrogens is 264 g/mol. The van der Waals surface area contributed by atoms with Crippen LogP contribution in [0.2, 0.25) is 0 Å². The molecule has 22 heavy (non-hydrogen) atoms. The van der Waals surface area contributed by atoms with Crippen molar-refractivity contribution < 1.29 is 0 Å². The summed E-state index contributed by atoms with van der Waals surface area (Å²) >= 11 is 0. The minimum Gasteiger partial charge on any atom is -0.0622 e. The molecule has 0 amide bonds. The van der Waals surface area contributed by atoms with Gasteiger partial charge in [0.2, 0.25) is 0 Å². The van der Waals surface area contributed by atoms with Crippen LogP contribution in [-0.4, -0.2) is 0 Å². The molecule has 0 N–H and O–H groups in total. The largest absolute Gasteiger partial charge is 0.0622 e. The third kappa shape index (κ3) is 3.27. The maximum Gasteiger partial charge on any atom is 0.0287 e. The second-order valence-corrected chi connectivity index (χ2v) is 5.34. The van der Waals surface area contributed by atoms with E-state index in [1.54, 1.807) is 0 Å². The molecule has 0 fully saturated rings. The zero-order valence-corrected chi connectivity index (χ0v) is 12.7. The molecule has 0 heterocycles. The minimum atomic E-state index is 0.336. The zero-order valence-electron chi connectivity index (χ0n) is 12.7. The highest BCUT2D eigenvalue weighted by molar-refractivity contribution is 5.49. The van der Waals surface area contributed by atoms with Gasteiger partial charge in [-0.05, 0) is 29.3 Å². The van der Waals surface area contributed by atoms with Gasteiger partial charge in [0.05, 0.1) is 0 Å². The smallest absolute Gasteiger partial charge is 0.0287 e. The topological polar surface area (TPSA) is 0 Å². The predicted molar refractivity (Wildman–Crippen MR) is 92.8 cm³/mol. The van der Waals surface area contributed by atoms with Crippen molar-refractivity contribution in [2.45, 2.75) is 12.8 Å². The third-order valence-corrected chi connectivity index (χ3v) is 3.84. The van der Waals surface area contributed by atoms with Crippen LogP contribution in [0.3, 0.4) is 0 Å². The van der Waals surface area contributed by atoms with Crippen molar-refractivity contribution in [2.24, 2.45) is 0 Å². The maximum absolute atomic E-state index is 3.33. The van der Waals surface area contributed by atoms with E-state index in [1.807, 2.05) is 30.3 Å². The summed E-state index contributed by atoms with van der Waals surface area (Å²) < 4.78 is 0. The van der Waals surface area contributed by atoms with Gasteiger partial charge in [-0.1, -0.05) is 85.5 Å². The molecule has 0 radical (unpaired) electrons. The van der Waals surface area contributed by atoms with Crippen molar-refractivity contribution in [3.05, 3.63) is 107 Å². The van der Waals surface area contributed by atoms with Crippen molar-refractivity contribution in [3.63, 3.8) is 0 Å². The van der Waals surface area contributed by atoms with Crippen LogP contribution in [0.5, 0.6) is 0 Å². The van der Waals surface area contributed by atoms with E-state index in [2.05, 4.69) is 73.4 Å². The lowest BCUT2D eigenvalue weighted by Gasteiger charge is -2.14. The molecule has 0 aliphatic heterocycles. The first-order chi connectivity index (χ1) is 10.8. The summed E-state index contributed by atoms with van der Waals surface area (Å²) in [6.07, 6.45) is 0. The second-order valence-electron chi connectivity index (χ2n) is 5.34. The lowest BCUT2D eigenvalue weighted by molar-refractivity contribution is 0.918. The summed E-state index contributed by atoms with van der Waals surface area (Å²) in [4.78, 5) is 0. The molecular formula is C22H18. The molecule has 3 aromatic carbocycles. The standard InChI is InChI=1S/C22H18/c1-18(20-12-6-3-7-13-20)22-15-9-8-14-21(22)17-16-19-10-4-2-5-11-19/h2-15,18H,1H3/t18-/m1/s1. The Kier molecular flexibility index (Phi) is 4.37. The molecule has 0 nitrogen and oxygen atoms in total. The van der Waals surface area contributed by atoms with E-state index in [4.69, 9.17) is 0 Å². The minimum absolute atomic E-state index is 0.336. The number of hydrogen-bond acceptors (Lipinski definition) is 0. The fraction of sp³-hybridized carbons (Fsp3) is 0.0909. The van der Waals surface area contributed by atoms with Crippen molar-refractivity contribution >= 4 is 0 Å². The van der Waals surface area contributed by atoms with Crippen LogP contribution in [0.1, 0.15) is 35.1 Å². The van der Waals surface area contributed by atoms with Crippen LogP contribution in [0.25, 0.3) is 0 Å². The van der Waals surface area contributed by atoms with Crippen LogP contribution in [0.4, 0.5) is 0 Å². The molecule has 106 valence electrons. The first kappa shape index (κ1) is 14.2. The van der Waals surface area contributed by atoms with Gasteiger partial charge in [0.25, 0.3) is 0 Å². The highest BCUT2D eigenvalue weighted by Crippen LogP contribution is 2.26. The number of hydrogen-bond donors (Lipinski definition) is 0.